The van der Waals surface area contributed by atoms with Gasteiger partial charge in [0.2, 0.25) is 5.91 Å². The van der Waals surface area contributed by atoms with Crippen molar-refractivity contribution in [1.29, 1.82) is 0 Å². The Bertz CT molecular complexity index is 535. The molecule has 1 saturated heterocycles. The number of piperidine rings is 1. The van der Waals surface area contributed by atoms with Gasteiger partial charge in [-0.1, -0.05) is 0 Å². The fraction of sp³-hybridized carbons (Fsp3) is 0.667. The number of carbonyl (C=O) groups is 2. The zero-order valence-electron chi connectivity index (χ0n) is 14.9. The molecule has 1 aromatic rings. The van der Waals surface area contributed by atoms with E-state index in [1.807, 2.05) is 6.92 Å². The average Bonchev–Trinajstić information content (AvgIpc) is 3.02. The van der Waals surface area contributed by atoms with Gasteiger partial charge in [-0.2, -0.15) is 0 Å². The fourth-order valence-electron chi connectivity index (χ4n) is 3.19. The summed E-state index contributed by atoms with van der Waals surface area (Å²) in [4.78, 5) is 27.7. The first-order valence-corrected chi connectivity index (χ1v) is 9.05. The molecule has 0 aromatic carbocycles. The van der Waals surface area contributed by atoms with Crippen molar-refractivity contribution in [2.75, 3.05) is 39.3 Å². The summed E-state index contributed by atoms with van der Waals surface area (Å²) < 4.78 is 5.19. The second-order valence-electron chi connectivity index (χ2n) is 6.44. The van der Waals surface area contributed by atoms with Crippen LogP contribution in [0.3, 0.4) is 0 Å². The summed E-state index contributed by atoms with van der Waals surface area (Å²) in [7, 11) is 0. The Labute approximate surface area is 144 Å². The van der Waals surface area contributed by atoms with Gasteiger partial charge in [0.25, 0.3) is 5.91 Å². The lowest BCUT2D eigenvalue weighted by atomic mass is 10.1. The number of quaternary nitrogens is 1. The van der Waals surface area contributed by atoms with Crippen molar-refractivity contribution < 1.29 is 18.9 Å². The molecule has 0 unspecified atom stereocenters. The molecule has 2 N–H and O–H groups in total. The molecule has 134 valence electrons. The summed E-state index contributed by atoms with van der Waals surface area (Å²) in [6.45, 7) is 8.86. The van der Waals surface area contributed by atoms with Gasteiger partial charge in [0.15, 0.2) is 0 Å². The van der Waals surface area contributed by atoms with Crippen LogP contribution in [0.1, 0.15) is 48.7 Å². The van der Waals surface area contributed by atoms with E-state index < -0.39 is 0 Å². The fourth-order valence-corrected chi connectivity index (χ4v) is 3.19. The van der Waals surface area contributed by atoms with Crippen LogP contribution in [0.25, 0.3) is 0 Å². The van der Waals surface area contributed by atoms with Gasteiger partial charge in [-0.25, -0.2) is 0 Å². The standard InChI is InChI=1S/C18H29N3O3/c1-3-21(18(23)16-8-14-24-15(16)2)12-7-17(22)19-9-13-20-10-5-4-6-11-20/h8,14H,3-7,9-13H2,1-2H3,(H,19,22)/p+1. The highest BCUT2D eigenvalue weighted by atomic mass is 16.3. The topological polar surface area (TPSA) is 67.0 Å². The van der Waals surface area contributed by atoms with E-state index in [9.17, 15) is 9.59 Å². The molecular formula is C18H30N3O3+. The van der Waals surface area contributed by atoms with Crippen LogP contribution in [0.15, 0.2) is 16.7 Å². The Morgan fingerprint density at radius 1 is 1.29 bits per heavy atom. The molecule has 2 heterocycles. The second-order valence-corrected chi connectivity index (χ2v) is 6.44. The van der Waals surface area contributed by atoms with E-state index in [0.717, 1.165) is 13.1 Å². The SMILES string of the molecule is CCN(CCC(=O)NCC[NH+]1CCCCC1)C(=O)c1ccoc1C. The maximum atomic E-state index is 12.4. The molecule has 0 atom stereocenters. The van der Waals surface area contributed by atoms with Crippen LogP contribution in [0, 0.1) is 6.92 Å². The zero-order chi connectivity index (χ0) is 17.4. The van der Waals surface area contributed by atoms with E-state index in [1.165, 1.54) is 38.6 Å². The summed E-state index contributed by atoms with van der Waals surface area (Å²) in [5, 5.41) is 2.98. The van der Waals surface area contributed by atoms with Crippen LogP contribution in [0.4, 0.5) is 0 Å². The van der Waals surface area contributed by atoms with E-state index in [-0.39, 0.29) is 11.8 Å². The molecule has 0 radical (unpaired) electrons. The van der Waals surface area contributed by atoms with E-state index in [1.54, 1.807) is 22.8 Å². The summed E-state index contributed by atoms with van der Waals surface area (Å²) >= 11 is 0. The van der Waals surface area contributed by atoms with E-state index >= 15 is 0 Å². The lowest BCUT2D eigenvalue weighted by Crippen LogP contribution is -3.13. The molecule has 6 heteroatoms. The van der Waals surface area contributed by atoms with Crippen molar-refractivity contribution in [3.63, 3.8) is 0 Å². The third-order valence-electron chi connectivity index (χ3n) is 4.73. The minimum Gasteiger partial charge on any atom is -0.469 e. The monoisotopic (exact) mass is 336 g/mol. The van der Waals surface area contributed by atoms with Crippen molar-refractivity contribution in [2.45, 2.75) is 39.5 Å². The molecule has 0 bridgehead atoms. The van der Waals surface area contributed by atoms with Gasteiger partial charge in [-0.15, -0.1) is 0 Å². The van der Waals surface area contributed by atoms with Crippen LogP contribution in [0.2, 0.25) is 0 Å². The predicted molar refractivity (Wildman–Crippen MR) is 92.1 cm³/mol. The number of carbonyl (C=O) groups excluding carboxylic acids is 2. The number of hydrogen-bond donors (Lipinski definition) is 2. The highest BCUT2D eigenvalue weighted by Crippen LogP contribution is 2.12. The quantitative estimate of drug-likeness (QED) is 0.732. The Morgan fingerprint density at radius 3 is 2.67 bits per heavy atom. The number of aryl methyl sites for hydroxylation is 1. The first kappa shape index (κ1) is 18.5. The highest BCUT2D eigenvalue weighted by Gasteiger charge is 2.19. The minimum absolute atomic E-state index is 0.0153. The van der Waals surface area contributed by atoms with Crippen LogP contribution < -0.4 is 10.2 Å². The number of furan rings is 1. The number of amides is 2. The molecule has 0 saturated carbocycles. The van der Waals surface area contributed by atoms with Crippen molar-refractivity contribution in [3.8, 4) is 0 Å². The second kappa shape index (κ2) is 9.47. The molecular weight excluding hydrogens is 306 g/mol. The maximum absolute atomic E-state index is 12.4. The van der Waals surface area contributed by atoms with Crippen molar-refractivity contribution in [2.24, 2.45) is 0 Å². The third-order valence-corrected chi connectivity index (χ3v) is 4.73. The number of nitrogens with one attached hydrogen (secondary N) is 2. The van der Waals surface area contributed by atoms with Crippen molar-refractivity contribution in [1.82, 2.24) is 10.2 Å². The molecule has 1 aliphatic heterocycles. The Morgan fingerprint density at radius 2 is 2.04 bits per heavy atom. The molecule has 6 nitrogen and oxygen atoms in total. The first-order chi connectivity index (χ1) is 11.6. The van der Waals surface area contributed by atoms with Gasteiger partial charge in [0, 0.05) is 19.5 Å². The van der Waals surface area contributed by atoms with Gasteiger partial charge in [0.05, 0.1) is 38.0 Å². The highest BCUT2D eigenvalue weighted by molar-refractivity contribution is 5.95. The molecule has 24 heavy (non-hydrogen) atoms. The number of nitrogens with zero attached hydrogens (tertiary/aromatic N) is 1. The van der Waals surface area contributed by atoms with Crippen molar-refractivity contribution >= 4 is 11.8 Å². The Kier molecular flexibility index (Phi) is 7.31. The Hall–Kier alpha value is -1.82. The summed E-state index contributed by atoms with van der Waals surface area (Å²) in [5.74, 6) is 0.559. The summed E-state index contributed by atoms with van der Waals surface area (Å²) in [6.07, 6.45) is 5.79. The molecule has 1 aromatic heterocycles. The molecule has 1 aliphatic rings. The average molecular weight is 336 g/mol. The largest absolute Gasteiger partial charge is 0.469 e. The molecule has 1 fully saturated rings. The third kappa shape index (κ3) is 5.37. The van der Waals surface area contributed by atoms with Crippen LogP contribution >= 0.6 is 0 Å². The smallest absolute Gasteiger partial charge is 0.257 e. The van der Waals surface area contributed by atoms with Gasteiger partial charge in [-0.3, -0.25) is 9.59 Å². The maximum Gasteiger partial charge on any atom is 0.257 e. The first-order valence-electron chi connectivity index (χ1n) is 9.05. The number of rotatable bonds is 8. The van der Waals surface area contributed by atoms with Crippen molar-refractivity contribution in [3.05, 3.63) is 23.7 Å². The van der Waals surface area contributed by atoms with Crippen LogP contribution in [-0.2, 0) is 4.79 Å². The molecule has 2 rings (SSSR count). The lowest BCUT2D eigenvalue weighted by Gasteiger charge is -2.23. The summed E-state index contributed by atoms with van der Waals surface area (Å²) in [6, 6.07) is 1.68. The minimum atomic E-state index is -0.0747. The van der Waals surface area contributed by atoms with E-state index in [0.29, 0.717) is 30.8 Å². The summed E-state index contributed by atoms with van der Waals surface area (Å²) in [5.41, 5.74) is 0.575. The van der Waals surface area contributed by atoms with Gasteiger partial charge in [0.1, 0.15) is 5.76 Å². The molecule has 0 aliphatic carbocycles. The lowest BCUT2D eigenvalue weighted by molar-refractivity contribution is -0.903. The van der Waals surface area contributed by atoms with Gasteiger partial charge >= 0.3 is 0 Å². The number of likely N-dealkylation sites (tertiary alicyclic amines) is 1. The molecule has 0 spiro atoms. The predicted octanol–water partition coefficient (Wildman–Crippen LogP) is 0.625. The Balaban J connectivity index is 1.69. The van der Waals surface area contributed by atoms with Crippen LogP contribution in [-0.4, -0.2) is 56.0 Å². The van der Waals surface area contributed by atoms with E-state index in [4.69, 9.17) is 4.42 Å². The van der Waals surface area contributed by atoms with Gasteiger partial charge < -0.3 is 19.5 Å². The van der Waals surface area contributed by atoms with Crippen LogP contribution in [0.5, 0.6) is 0 Å². The van der Waals surface area contributed by atoms with Gasteiger partial charge in [-0.05, 0) is 39.2 Å². The molecule has 2 amide bonds. The zero-order valence-corrected chi connectivity index (χ0v) is 14.9. The van der Waals surface area contributed by atoms with E-state index in [2.05, 4.69) is 5.32 Å². The number of hydrogen-bond acceptors (Lipinski definition) is 3. The normalized spacial score (nSPS) is 15.2.